The van der Waals surface area contributed by atoms with Gasteiger partial charge in [-0.25, -0.2) is 9.59 Å². The summed E-state index contributed by atoms with van der Waals surface area (Å²) in [6, 6.07) is 24.0. The zero-order chi connectivity index (χ0) is 30.8. The average molecular weight is 595 g/mol. The first-order valence-corrected chi connectivity index (χ1v) is 14.6. The van der Waals surface area contributed by atoms with E-state index >= 15 is 0 Å². The van der Waals surface area contributed by atoms with Crippen molar-refractivity contribution in [3.05, 3.63) is 107 Å². The molecule has 0 unspecified atom stereocenters. The van der Waals surface area contributed by atoms with Crippen LogP contribution in [0.2, 0.25) is 0 Å². The summed E-state index contributed by atoms with van der Waals surface area (Å²) < 4.78 is 10.8. The number of carbonyl (C=O) groups excluding carboxylic acids is 4. The molecule has 0 spiro atoms. The summed E-state index contributed by atoms with van der Waals surface area (Å²) in [6.07, 6.45) is -0.342. The molecule has 3 aromatic carbocycles. The molecule has 0 radical (unpaired) electrons. The number of benzene rings is 3. The van der Waals surface area contributed by atoms with Gasteiger partial charge in [0.05, 0.1) is 19.7 Å². The third-order valence-electron chi connectivity index (χ3n) is 8.48. The molecule has 0 bridgehead atoms. The minimum atomic E-state index is -1.03. The molecule has 0 saturated carbocycles. The lowest BCUT2D eigenvalue weighted by Crippen LogP contribution is -2.67. The van der Waals surface area contributed by atoms with E-state index in [1.807, 2.05) is 84.9 Å². The predicted molar refractivity (Wildman–Crippen MR) is 162 cm³/mol. The van der Waals surface area contributed by atoms with Gasteiger partial charge in [-0.05, 0) is 22.8 Å². The molecule has 4 aromatic rings. The number of rotatable bonds is 7. The second kappa shape index (κ2) is 12.2. The molecule has 1 aromatic heterocycles. The van der Waals surface area contributed by atoms with Crippen LogP contribution in [0, 0.1) is 0 Å². The first-order chi connectivity index (χ1) is 21.4. The number of amides is 3. The van der Waals surface area contributed by atoms with Crippen molar-refractivity contribution in [2.45, 2.75) is 44.6 Å². The van der Waals surface area contributed by atoms with Crippen LogP contribution in [0.3, 0.4) is 0 Å². The molecular weight excluding hydrogens is 560 g/mol. The lowest BCUT2D eigenvalue weighted by Gasteiger charge is -2.50. The van der Waals surface area contributed by atoms with Crippen molar-refractivity contribution in [3.63, 3.8) is 0 Å². The van der Waals surface area contributed by atoms with E-state index in [9.17, 15) is 19.2 Å². The molecule has 1 fully saturated rings. The molecule has 2 aliphatic rings. The fourth-order valence-corrected chi connectivity index (χ4v) is 6.36. The zero-order valence-electron chi connectivity index (χ0n) is 24.6. The van der Waals surface area contributed by atoms with Crippen LogP contribution >= 0.6 is 0 Å². The first-order valence-electron chi connectivity index (χ1n) is 14.6. The number of fused-ring (bicyclic) bond motifs is 5. The predicted octanol–water partition coefficient (Wildman–Crippen LogP) is 4.21. The number of esters is 1. The van der Waals surface area contributed by atoms with Crippen molar-refractivity contribution < 1.29 is 28.7 Å². The number of piperazine rings is 1. The number of nitrogens with one attached hydrogen (secondary N) is 1. The maximum atomic E-state index is 14.5. The third-order valence-corrected chi connectivity index (χ3v) is 8.48. The standard InChI is InChI=1S/C34H34N4O6/c1-22(39)37-20-29-31-26(25-15-9-10-16-27(25)35-31)17-28(33(41)43-2)38(29)32(40)30(37)19-36(18-23-11-5-3-6-12-23)34(42)44-21-24-13-7-4-8-14-24/h3-16,28-30,35H,17-21H2,1-2H3/t28-,29-,30-/m0/s1. The molecule has 3 atom stereocenters. The summed E-state index contributed by atoms with van der Waals surface area (Å²) >= 11 is 0. The molecule has 226 valence electrons. The summed E-state index contributed by atoms with van der Waals surface area (Å²) in [5.41, 5.74) is 4.29. The lowest BCUT2D eigenvalue weighted by molar-refractivity contribution is -0.167. The number of H-pyrrole nitrogens is 1. The van der Waals surface area contributed by atoms with Crippen molar-refractivity contribution in [2.75, 3.05) is 20.2 Å². The van der Waals surface area contributed by atoms with Gasteiger partial charge in [-0.15, -0.1) is 0 Å². The number of para-hydroxylation sites is 1. The van der Waals surface area contributed by atoms with Gasteiger partial charge in [-0.2, -0.15) is 0 Å². The van der Waals surface area contributed by atoms with E-state index in [0.717, 1.165) is 33.3 Å². The van der Waals surface area contributed by atoms with E-state index in [-0.39, 0.29) is 38.6 Å². The van der Waals surface area contributed by atoms with Gasteiger partial charge in [0.15, 0.2) is 0 Å². The van der Waals surface area contributed by atoms with E-state index in [0.29, 0.717) is 0 Å². The topological polar surface area (TPSA) is 112 Å². The number of ether oxygens (including phenoxy) is 2. The smallest absolute Gasteiger partial charge is 0.410 e. The van der Waals surface area contributed by atoms with Crippen molar-refractivity contribution in [1.82, 2.24) is 19.7 Å². The van der Waals surface area contributed by atoms with Crippen molar-refractivity contribution >= 4 is 34.8 Å². The van der Waals surface area contributed by atoms with Crippen LogP contribution in [0.1, 0.15) is 35.3 Å². The number of aromatic amines is 1. The fourth-order valence-electron chi connectivity index (χ4n) is 6.36. The normalized spacial score (nSPS) is 19.2. The number of hydrogen-bond acceptors (Lipinski definition) is 6. The molecule has 3 heterocycles. The molecule has 1 N–H and O–H groups in total. The van der Waals surface area contributed by atoms with Gasteiger partial charge < -0.3 is 29.2 Å². The zero-order valence-corrected chi connectivity index (χ0v) is 24.6. The van der Waals surface area contributed by atoms with E-state index in [2.05, 4.69) is 4.98 Å². The van der Waals surface area contributed by atoms with Gasteiger partial charge in [0.25, 0.3) is 0 Å². The highest BCUT2D eigenvalue weighted by Crippen LogP contribution is 2.41. The Hall–Kier alpha value is -5.12. The van der Waals surface area contributed by atoms with E-state index in [1.165, 1.54) is 23.8 Å². The second-order valence-electron chi connectivity index (χ2n) is 11.2. The molecular formula is C34H34N4O6. The fraction of sp³-hybridized carbons (Fsp3) is 0.294. The van der Waals surface area contributed by atoms with Crippen LogP contribution < -0.4 is 0 Å². The minimum absolute atomic E-state index is 0.0573. The van der Waals surface area contributed by atoms with Gasteiger partial charge in [0.1, 0.15) is 18.7 Å². The Morgan fingerprint density at radius 3 is 2.27 bits per heavy atom. The Labute approximate surface area is 255 Å². The highest BCUT2D eigenvalue weighted by Gasteiger charge is 2.51. The summed E-state index contributed by atoms with van der Waals surface area (Å²) in [6.45, 7) is 1.68. The quantitative estimate of drug-likeness (QED) is 0.321. The number of carbonyl (C=O) groups is 4. The average Bonchev–Trinajstić information content (AvgIpc) is 3.43. The Bertz CT molecular complexity index is 1690. The molecule has 0 aliphatic carbocycles. The number of hydrogen-bond donors (Lipinski definition) is 1. The van der Waals surface area contributed by atoms with E-state index in [4.69, 9.17) is 9.47 Å². The molecule has 44 heavy (non-hydrogen) atoms. The van der Waals surface area contributed by atoms with Crippen molar-refractivity contribution in [1.29, 1.82) is 0 Å². The summed E-state index contributed by atoms with van der Waals surface area (Å²) in [7, 11) is 1.31. The Balaban J connectivity index is 1.34. The SMILES string of the molecule is COC(=O)[C@@H]1Cc2c([nH]c3ccccc23)[C@@H]2CN(C(C)=O)[C@@H](CN(Cc3ccccc3)C(=O)OCc3ccccc3)C(=O)N12. The first kappa shape index (κ1) is 29.0. The molecule has 10 heteroatoms. The van der Waals surface area contributed by atoms with Crippen LogP contribution in [0.25, 0.3) is 10.9 Å². The van der Waals surface area contributed by atoms with Gasteiger partial charge in [-0.3, -0.25) is 9.59 Å². The molecule has 6 rings (SSSR count). The molecule has 10 nitrogen and oxygen atoms in total. The second-order valence-corrected chi connectivity index (χ2v) is 11.2. The maximum absolute atomic E-state index is 14.5. The number of aromatic nitrogens is 1. The highest BCUT2D eigenvalue weighted by atomic mass is 16.6. The third kappa shape index (κ3) is 5.50. The summed E-state index contributed by atoms with van der Waals surface area (Å²) in [5.74, 6) is -1.26. The van der Waals surface area contributed by atoms with Gasteiger partial charge >= 0.3 is 12.1 Å². The minimum Gasteiger partial charge on any atom is -0.467 e. The van der Waals surface area contributed by atoms with Crippen LogP contribution in [0.5, 0.6) is 0 Å². The Morgan fingerprint density at radius 1 is 0.932 bits per heavy atom. The van der Waals surface area contributed by atoms with Crippen molar-refractivity contribution in [2.24, 2.45) is 0 Å². The Kier molecular flexibility index (Phi) is 8.06. The number of methoxy groups -OCH3 is 1. The van der Waals surface area contributed by atoms with Gasteiger partial charge in [0.2, 0.25) is 11.8 Å². The van der Waals surface area contributed by atoms with Crippen molar-refractivity contribution in [3.8, 4) is 0 Å². The molecule has 2 aliphatic heterocycles. The maximum Gasteiger partial charge on any atom is 0.410 e. The highest BCUT2D eigenvalue weighted by molar-refractivity contribution is 5.95. The van der Waals surface area contributed by atoms with Crippen LogP contribution in [0.15, 0.2) is 84.9 Å². The van der Waals surface area contributed by atoms with E-state index in [1.54, 1.807) is 4.90 Å². The van der Waals surface area contributed by atoms with Crippen LogP contribution in [0.4, 0.5) is 4.79 Å². The van der Waals surface area contributed by atoms with Crippen LogP contribution in [-0.2, 0) is 43.4 Å². The Morgan fingerprint density at radius 2 is 1.59 bits per heavy atom. The molecule has 3 amide bonds. The van der Waals surface area contributed by atoms with Gasteiger partial charge in [0, 0.05) is 43.0 Å². The monoisotopic (exact) mass is 594 g/mol. The van der Waals surface area contributed by atoms with Gasteiger partial charge in [-0.1, -0.05) is 78.9 Å². The van der Waals surface area contributed by atoms with E-state index < -0.39 is 36.1 Å². The molecule has 1 saturated heterocycles. The largest absolute Gasteiger partial charge is 0.467 e. The summed E-state index contributed by atoms with van der Waals surface area (Å²) in [5, 5.41) is 0.968. The number of nitrogens with zero attached hydrogens (tertiary/aromatic N) is 3. The van der Waals surface area contributed by atoms with Crippen LogP contribution in [-0.4, -0.2) is 75.8 Å². The lowest BCUT2D eigenvalue weighted by atomic mass is 9.88. The summed E-state index contributed by atoms with van der Waals surface area (Å²) in [4.78, 5) is 62.2.